The van der Waals surface area contributed by atoms with Gasteiger partial charge in [-0.2, -0.15) is 0 Å². The highest BCUT2D eigenvalue weighted by atomic mass is 16.6. The fourth-order valence-corrected chi connectivity index (χ4v) is 2.54. The van der Waals surface area contributed by atoms with Crippen LogP contribution in [0.25, 0.3) is 0 Å². The molecule has 0 amide bonds. The van der Waals surface area contributed by atoms with Crippen LogP contribution in [0.2, 0.25) is 0 Å². The number of aliphatic hydroxyl groups is 1. The summed E-state index contributed by atoms with van der Waals surface area (Å²) in [7, 11) is 0. The number of aromatic carboxylic acids is 1. The first-order valence-corrected chi connectivity index (χ1v) is 9.57. The van der Waals surface area contributed by atoms with E-state index in [2.05, 4.69) is 0 Å². The average Bonchev–Trinajstić information content (AvgIpc) is 2.80. The van der Waals surface area contributed by atoms with Crippen molar-refractivity contribution in [2.45, 2.75) is 0 Å². The molecule has 0 atom stereocenters. The molecule has 0 saturated heterocycles. The van der Waals surface area contributed by atoms with Gasteiger partial charge in [0.2, 0.25) is 0 Å². The van der Waals surface area contributed by atoms with Crippen molar-refractivity contribution in [3.05, 3.63) is 70.8 Å². The molecule has 10 heteroatoms. The molecular formula is C22H22O10. The molecule has 10 nitrogen and oxygen atoms in total. The lowest BCUT2D eigenvalue weighted by Crippen LogP contribution is -2.20. The highest BCUT2D eigenvalue weighted by Gasteiger charge is 2.24. The number of carboxylic acids is 1. The van der Waals surface area contributed by atoms with E-state index in [-0.39, 0.29) is 61.9 Å². The predicted octanol–water partition coefficient (Wildman–Crippen LogP) is 1.56. The lowest BCUT2D eigenvalue weighted by molar-refractivity contribution is 0.00899. The van der Waals surface area contributed by atoms with Crippen LogP contribution in [0.1, 0.15) is 41.4 Å². The van der Waals surface area contributed by atoms with Gasteiger partial charge in [0.05, 0.1) is 55.3 Å². The van der Waals surface area contributed by atoms with Gasteiger partial charge >= 0.3 is 23.9 Å². The molecule has 0 heterocycles. The molecule has 0 bridgehead atoms. The third-order valence-corrected chi connectivity index (χ3v) is 4.00. The second-order valence-corrected chi connectivity index (χ2v) is 6.16. The number of esters is 3. The van der Waals surface area contributed by atoms with E-state index < -0.39 is 23.9 Å². The Morgan fingerprint density at radius 3 is 1.59 bits per heavy atom. The first-order chi connectivity index (χ1) is 15.5. The Bertz CT molecular complexity index is 953. The lowest BCUT2D eigenvalue weighted by atomic mass is 10.1. The summed E-state index contributed by atoms with van der Waals surface area (Å²) in [5.74, 6) is -4.46. The fourth-order valence-electron chi connectivity index (χ4n) is 2.54. The number of carboxylic acid groups (broad SMARTS) is 1. The highest BCUT2D eigenvalue weighted by Crippen LogP contribution is 2.15. The number of benzene rings is 2. The van der Waals surface area contributed by atoms with Gasteiger partial charge in [0.25, 0.3) is 0 Å². The zero-order chi connectivity index (χ0) is 23.3. The summed E-state index contributed by atoms with van der Waals surface area (Å²) in [4.78, 5) is 48.4. The van der Waals surface area contributed by atoms with Crippen molar-refractivity contribution in [2.24, 2.45) is 0 Å². The first-order valence-electron chi connectivity index (χ1n) is 9.57. The molecule has 2 aromatic carbocycles. The summed E-state index contributed by atoms with van der Waals surface area (Å²) in [5.41, 5.74) is -0.951. The fraction of sp³-hybridized carbons (Fsp3) is 0.273. The molecule has 0 spiro atoms. The first kappa shape index (κ1) is 24.7. The van der Waals surface area contributed by atoms with E-state index in [0.717, 1.165) is 0 Å². The Labute approximate surface area is 183 Å². The van der Waals surface area contributed by atoms with Crippen LogP contribution < -0.4 is 0 Å². The third-order valence-electron chi connectivity index (χ3n) is 4.00. The van der Waals surface area contributed by atoms with E-state index in [1.807, 2.05) is 0 Å². The average molecular weight is 446 g/mol. The molecule has 2 rings (SSSR count). The smallest absolute Gasteiger partial charge is 0.346 e. The Morgan fingerprint density at radius 2 is 1.06 bits per heavy atom. The molecular weight excluding hydrogens is 424 g/mol. The van der Waals surface area contributed by atoms with Crippen molar-refractivity contribution in [3.8, 4) is 0 Å². The van der Waals surface area contributed by atoms with Gasteiger partial charge in [-0.3, -0.25) is 0 Å². The summed E-state index contributed by atoms with van der Waals surface area (Å²) in [6.45, 7) is 0.647. The van der Waals surface area contributed by atoms with E-state index >= 15 is 0 Å². The van der Waals surface area contributed by atoms with Gasteiger partial charge in [0.15, 0.2) is 0 Å². The number of carbonyl (C=O) groups excluding carboxylic acids is 3. The van der Waals surface area contributed by atoms with Gasteiger partial charge in [-0.1, -0.05) is 24.3 Å². The lowest BCUT2D eigenvalue weighted by Gasteiger charge is -2.10. The molecule has 2 N–H and O–H groups in total. The number of ether oxygens (including phenoxy) is 4. The maximum atomic E-state index is 12.5. The van der Waals surface area contributed by atoms with Gasteiger partial charge in [-0.05, 0) is 24.3 Å². The molecule has 2 aromatic rings. The summed E-state index contributed by atoms with van der Waals surface area (Å²) < 4.78 is 20.1. The summed E-state index contributed by atoms with van der Waals surface area (Å²) in [6.07, 6.45) is 0. The van der Waals surface area contributed by atoms with Crippen LogP contribution in [0.3, 0.4) is 0 Å². The number of rotatable bonds is 12. The van der Waals surface area contributed by atoms with Crippen molar-refractivity contribution in [1.82, 2.24) is 0 Å². The van der Waals surface area contributed by atoms with Crippen LogP contribution in [-0.2, 0) is 18.9 Å². The van der Waals surface area contributed by atoms with Crippen LogP contribution in [-0.4, -0.2) is 73.7 Å². The van der Waals surface area contributed by atoms with E-state index in [9.17, 15) is 24.3 Å². The minimum absolute atomic E-state index is 0.0862. The Hall–Kier alpha value is -3.60. The monoisotopic (exact) mass is 446 g/mol. The number of aliphatic hydroxyl groups excluding tert-OH is 1. The number of hydrogen-bond acceptors (Lipinski definition) is 9. The minimum atomic E-state index is -1.35. The van der Waals surface area contributed by atoms with Crippen LogP contribution in [0.5, 0.6) is 0 Å². The van der Waals surface area contributed by atoms with E-state index in [4.69, 9.17) is 24.1 Å². The molecule has 0 unspecified atom stereocenters. The standard InChI is InChI=1S/C22H22O10/c23-9-10-29-11-12-30-13-14-31-20(26)17-7-3-4-8-18(17)22(28)32-21(27)16-6-2-1-5-15(16)19(24)25/h1-8,23H,9-14H2,(H,24,25). The maximum absolute atomic E-state index is 12.5. The summed E-state index contributed by atoms with van der Waals surface area (Å²) >= 11 is 0. The maximum Gasteiger partial charge on any atom is 0.346 e. The molecule has 0 saturated carbocycles. The summed E-state index contributed by atoms with van der Waals surface area (Å²) in [5, 5.41) is 17.8. The molecule has 0 aliphatic heterocycles. The molecule has 0 aliphatic carbocycles. The molecule has 32 heavy (non-hydrogen) atoms. The normalized spacial score (nSPS) is 10.4. The van der Waals surface area contributed by atoms with Gasteiger partial charge in [0, 0.05) is 0 Å². The Morgan fingerprint density at radius 1 is 0.625 bits per heavy atom. The molecule has 0 aliphatic rings. The zero-order valence-corrected chi connectivity index (χ0v) is 17.0. The predicted molar refractivity (Wildman–Crippen MR) is 109 cm³/mol. The van der Waals surface area contributed by atoms with E-state index in [1.54, 1.807) is 0 Å². The minimum Gasteiger partial charge on any atom is -0.478 e. The second kappa shape index (κ2) is 13.0. The van der Waals surface area contributed by atoms with Crippen molar-refractivity contribution in [3.63, 3.8) is 0 Å². The van der Waals surface area contributed by atoms with Gasteiger partial charge in [-0.25, -0.2) is 19.2 Å². The molecule has 170 valence electrons. The molecule has 0 radical (unpaired) electrons. The third kappa shape index (κ3) is 7.27. The van der Waals surface area contributed by atoms with E-state index in [0.29, 0.717) is 0 Å². The highest BCUT2D eigenvalue weighted by molar-refractivity contribution is 6.10. The van der Waals surface area contributed by atoms with Gasteiger partial charge in [0.1, 0.15) is 6.61 Å². The molecule has 0 fully saturated rings. The summed E-state index contributed by atoms with van der Waals surface area (Å²) in [6, 6.07) is 10.9. The SMILES string of the molecule is O=C(O)c1ccccc1C(=O)OC(=O)c1ccccc1C(=O)OCCOCCOCCO. The van der Waals surface area contributed by atoms with E-state index in [1.165, 1.54) is 48.5 Å². The van der Waals surface area contributed by atoms with Crippen molar-refractivity contribution < 1.29 is 48.3 Å². The van der Waals surface area contributed by atoms with Crippen molar-refractivity contribution >= 4 is 23.9 Å². The quantitative estimate of drug-likeness (QED) is 0.280. The Balaban J connectivity index is 1.96. The van der Waals surface area contributed by atoms with Crippen molar-refractivity contribution in [2.75, 3.05) is 39.6 Å². The second-order valence-electron chi connectivity index (χ2n) is 6.16. The number of carbonyl (C=O) groups is 4. The van der Waals surface area contributed by atoms with Crippen LogP contribution >= 0.6 is 0 Å². The van der Waals surface area contributed by atoms with Crippen LogP contribution in [0.15, 0.2) is 48.5 Å². The zero-order valence-electron chi connectivity index (χ0n) is 17.0. The van der Waals surface area contributed by atoms with Gasteiger partial charge < -0.3 is 29.2 Å². The Kier molecular flexibility index (Phi) is 9.98. The largest absolute Gasteiger partial charge is 0.478 e. The van der Waals surface area contributed by atoms with Gasteiger partial charge in [-0.15, -0.1) is 0 Å². The van der Waals surface area contributed by atoms with Crippen molar-refractivity contribution in [1.29, 1.82) is 0 Å². The topological polar surface area (TPSA) is 146 Å². The van der Waals surface area contributed by atoms with Crippen LogP contribution in [0, 0.1) is 0 Å². The number of hydrogen-bond donors (Lipinski definition) is 2. The molecule has 0 aromatic heterocycles. The van der Waals surface area contributed by atoms with Crippen LogP contribution in [0.4, 0.5) is 0 Å².